The first-order valence-electron chi connectivity index (χ1n) is 7.40. The van der Waals surface area contributed by atoms with Crippen LogP contribution in [0.5, 0.6) is 0 Å². The quantitative estimate of drug-likeness (QED) is 0.892. The molecule has 1 aliphatic heterocycles. The van der Waals surface area contributed by atoms with Crippen LogP contribution >= 0.6 is 0 Å². The highest BCUT2D eigenvalue weighted by atomic mass is 16.1. The molecule has 0 atom stereocenters. The first-order chi connectivity index (χ1) is 10.8. The fraction of sp³-hybridized carbons (Fsp3) is 0.105. The van der Waals surface area contributed by atoms with Gasteiger partial charge in [0, 0.05) is 24.2 Å². The van der Waals surface area contributed by atoms with E-state index < -0.39 is 0 Å². The van der Waals surface area contributed by atoms with E-state index in [1.54, 1.807) is 0 Å². The molecule has 0 radical (unpaired) electrons. The van der Waals surface area contributed by atoms with Crippen LogP contribution in [0.15, 0.2) is 65.7 Å². The Hall–Kier alpha value is -2.81. The van der Waals surface area contributed by atoms with Crippen molar-refractivity contribution < 1.29 is 4.79 Å². The number of carbonyl (C=O) groups is 1. The van der Waals surface area contributed by atoms with E-state index in [-0.39, 0.29) is 5.91 Å². The first kappa shape index (κ1) is 12.9. The lowest BCUT2D eigenvalue weighted by molar-refractivity contribution is -0.114. The summed E-state index contributed by atoms with van der Waals surface area (Å²) in [6.45, 7) is 0.479. The monoisotopic (exact) mass is 288 g/mol. The van der Waals surface area contributed by atoms with Crippen molar-refractivity contribution in [1.82, 2.24) is 5.32 Å². The van der Waals surface area contributed by atoms with Gasteiger partial charge in [0.15, 0.2) is 0 Å². The Bertz CT molecular complexity index is 832. The summed E-state index contributed by atoms with van der Waals surface area (Å²) in [5.74, 6) is -0.344. The van der Waals surface area contributed by atoms with Gasteiger partial charge in [0.2, 0.25) is 5.91 Å². The zero-order chi connectivity index (χ0) is 15.1. The fourth-order valence-electron chi connectivity index (χ4n) is 3.38. The van der Waals surface area contributed by atoms with Crippen molar-refractivity contribution in [2.75, 3.05) is 6.54 Å². The number of nitrogens with two attached hydrogens (primary N) is 1. The number of amides is 1. The van der Waals surface area contributed by atoms with Crippen molar-refractivity contribution in [3.05, 3.63) is 82.4 Å². The van der Waals surface area contributed by atoms with Crippen LogP contribution in [0.1, 0.15) is 16.7 Å². The molecule has 3 N–H and O–H groups in total. The van der Waals surface area contributed by atoms with Gasteiger partial charge >= 0.3 is 0 Å². The summed E-state index contributed by atoms with van der Waals surface area (Å²) >= 11 is 0. The standard InChI is InChI=1S/C19H16N2O/c20-19(22)16-11-21-18(12-6-2-1-3-7-12)15-10-13-8-4-5-9-14(13)17(15)16/h1-9,21H,10-11H2,(H2,20,22). The van der Waals surface area contributed by atoms with Crippen LogP contribution < -0.4 is 11.1 Å². The predicted molar refractivity (Wildman–Crippen MR) is 87.6 cm³/mol. The number of fused-ring (bicyclic) bond motifs is 3. The molecular formula is C19H16N2O. The van der Waals surface area contributed by atoms with Crippen molar-refractivity contribution in [1.29, 1.82) is 0 Å². The van der Waals surface area contributed by atoms with Crippen LogP contribution in [0.2, 0.25) is 0 Å². The lowest BCUT2D eigenvalue weighted by Crippen LogP contribution is -2.29. The molecule has 22 heavy (non-hydrogen) atoms. The van der Waals surface area contributed by atoms with Crippen LogP contribution in [-0.2, 0) is 11.2 Å². The van der Waals surface area contributed by atoms with E-state index >= 15 is 0 Å². The molecule has 0 spiro atoms. The summed E-state index contributed by atoms with van der Waals surface area (Å²) < 4.78 is 0. The largest absolute Gasteiger partial charge is 0.380 e. The maximum absolute atomic E-state index is 11.9. The Morgan fingerprint density at radius 1 is 1.00 bits per heavy atom. The second-order valence-electron chi connectivity index (χ2n) is 5.62. The Kier molecular flexibility index (Phi) is 2.86. The van der Waals surface area contributed by atoms with Crippen LogP contribution in [-0.4, -0.2) is 12.5 Å². The van der Waals surface area contributed by atoms with Crippen molar-refractivity contribution in [2.24, 2.45) is 5.73 Å². The number of benzene rings is 2. The average Bonchev–Trinajstić information content (AvgIpc) is 2.94. The molecule has 2 aliphatic rings. The molecule has 2 aromatic rings. The second-order valence-corrected chi connectivity index (χ2v) is 5.62. The Balaban J connectivity index is 1.98. The highest BCUT2D eigenvalue weighted by Gasteiger charge is 2.31. The molecule has 1 heterocycles. The summed E-state index contributed by atoms with van der Waals surface area (Å²) in [6.07, 6.45) is 0.833. The fourth-order valence-corrected chi connectivity index (χ4v) is 3.38. The zero-order valence-electron chi connectivity index (χ0n) is 12.1. The summed E-state index contributed by atoms with van der Waals surface area (Å²) in [5, 5.41) is 3.39. The first-order valence-corrected chi connectivity index (χ1v) is 7.40. The summed E-state index contributed by atoms with van der Waals surface area (Å²) in [6, 6.07) is 18.5. The van der Waals surface area contributed by atoms with Crippen molar-refractivity contribution in [3.63, 3.8) is 0 Å². The highest BCUT2D eigenvalue weighted by molar-refractivity contribution is 6.09. The Morgan fingerprint density at radius 2 is 1.73 bits per heavy atom. The maximum atomic E-state index is 11.9. The number of hydrogen-bond donors (Lipinski definition) is 2. The molecule has 0 saturated heterocycles. The van der Waals surface area contributed by atoms with Gasteiger partial charge in [-0.3, -0.25) is 4.79 Å². The summed E-state index contributed by atoms with van der Waals surface area (Å²) in [4.78, 5) is 11.9. The smallest absolute Gasteiger partial charge is 0.247 e. The minimum Gasteiger partial charge on any atom is -0.380 e. The topological polar surface area (TPSA) is 55.1 Å². The normalized spacial score (nSPS) is 16.2. The molecule has 0 unspecified atom stereocenters. The van der Waals surface area contributed by atoms with Crippen molar-refractivity contribution in [2.45, 2.75) is 6.42 Å². The van der Waals surface area contributed by atoms with Gasteiger partial charge < -0.3 is 11.1 Å². The third kappa shape index (κ3) is 1.86. The van der Waals surface area contributed by atoms with E-state index in [1.165, 1.54) is 11.1 Å². The van der Waals surface area contributed by atoms with Crippen molar-refractivity contribution >= 4 is 17.2 Å². The molecule has 108 valence electrons. The third-order valence-electron chi connectivity index (χ3n) is 4.36. The van der Waals surface area contributed by atoms with E-state index in [4.69, 9.17) is 5.73 Å². The van der Waals surface area contributed by atoms with E-state index in [0.29, 0.717) is 12.1 Å². The van der Waals surface area contributed by atoms with E-state index in [1.807, 2.05) is 30.3 Å². The van der Waals surface area contributed by atoms with Gasteiger partial charge in [-0.2, -0.15) is 0 Å². The van der Waals surface area contributed by atoms with E-state index in [9.17, 15) is 4.79 Å². The van der Waals surface area contributed by atoms with Crippen LogP contribution in [0.4, 0.5) is 0 Å². The number of primary amides is 1. The molecule has 0 bridgehead atoms. The SMILES string of the molecule is NC(=O)C1=C2C(=C(c3ccccc3)NC1)Cc1ccccc12. The van der Waals surface area contributed by atoms with Crippen LogP contribution in [0, 0.1) is 0 Å². The van der Waals surface area contributed by atoms with Gasteiger partial charge in [-0.25, -0.2) is 0 Å². The molecule has 1 amide bonds. The zero-order valence-corrected chi connectivity index (χ0v) is 12.1. The van der Waals surface area contributed by atoms with Crippen molar-refractivity contribution in [3.8, 4) is 0 Å². The van der Waals surface area contributed by atoms with Gasteiger partial charge in [0.1, 0.15) is 0 Å². The molecule has 0 fully saturated rings. The van der Waals surface area contributed by atoms with Gasteiger partial charge in [-0.15, -0.1) is 0 Å². The minimum absolute atomic E-state index is 0.344. The average molecular weight is 288 g/mol. The number of allylic oxidation sites excluding steroid dienone is 2. The van der Waals surface area contributed by atoms with E-state index in [0.717, 1.165) is 28.8 Å². The Labute approximate surface area is 129 Å². The van der Waals surface area contributed by atoms with Crippen LogP contribution in [0.25, 0.3) is 11.3 Å². The minimum atomic E-state index is -0.344. The molecular weight excluding hydrogens is 272 g/mol. The number of dihydropyridines is 1. The lowest BCUT2D eigenvalue weighted by Gasteiger charge is -2.23. The molecule has 1 aliphatic carbocycles. The summed E-state index contributed by atoms with van der Waals surface area (Å²) in [5.41, 5.74) is 13.1. The molecule has 3 heteroatoms. The second kappa shape index (κ2) is 4.88. The molecule has 4 rings (SSSR count). The number of nitrogens with one attached hydrogen (secondary N) is 1. The maximum Gasteiger partial charge on any atom is 0.247 e. The number of carbonyl (C=O) groups excluding carboxylic acids is 1. The van der Waals surface area contributed by atoms with E-state index in [2.05, 4.69) is 29.6 Å². The Morgan fingerprint density at radius 3 is 2.50 bits per heavy atom. The van der Waals surface area contributed by atoms with Gasteiger partial charge in [0.25, 0.3) is 0 Å². The molecule has 3 nitrogen and oxygen atoms in total. The third-order valence-corrected chi connectivity index (χ3v) is 4.36. The van der Waals surface area contributed by atoms with Gasteiger partial charge in [-0.05, 0) is 27.8 Å². The van der Waals surface area contributed by atoms with Gasteiger partial charge in [-0.1, -0.05) is 54.6 Å². The highest BCUT2D eigenvalue weighted by Crippen LogP contribution is 2.43. The summed E-state index contributed by atoms with van der Waals surface area (Å²) in [7, 11) is 0. The molecule has 2 aromatic carbocycles. The molecule has 0 saturated carbocycles. The molecule has 0 aromatic heterocycles. The number of rotatable bonds is 2. The van der Waals surface area contributed by atoms with Crippen LogP contribution in [0.3, 0.4) is 0 Å². The van der Waals surface area contributed by atoms with Gasteiger partial charge in [0.05, 0.1) is 0 Å². The predicted octanol–water partition coefficient (Wildman–Crippen LogP) is 2.50. The lowest BCUT2D eigenvalue weighted by atomic mass is 9.91. The number of hydrogen-bond acceptors (Lipinski definition) is 2.